The van der Waals surface area contributed by atoms with Crippen LogP contribution < -0.4 is 0 Å². The van der Waals surface area contributed by atoms with Crippen molar-refractivity contribution in [1.82, 2.24) is 0 Å². The molecular formula is C4H7BrNO4+. The highest BCUT2D eigenvalue weighted by molar-refractivity contribution is 9.10. The van der Waals surface area contributed by atoms with Crippen molar-refractivity contribution in [2.24, 2.45) is 0 Å². The molecule has 1 fully saturated rings. The van der Waals surface area contributed by atoms with Gasteiger partial charge in [-0.3, -0.25) is 0 Å². The van der Waals surface area contributed by atoms with E-state index in [0.717, 1.165) is 0 Å². The van der Waals surface area contributed by atoms with Crippen molar-refractivity contribution in [3.63, 3.8) is 0 Å². The van der Waals surface area contributed by atoms with Crippen molar-refractivity contribution in [3.05, 3.63) is 4.91 Å². The summed E-state index contributed by atoms with van der Waals surface area (Å²) >= 11 is 2.97. The first-order chi connectivity index (χ1) is 4.65. The number of hydrogen-bond donors (Lipinski definition) is 1. The molecule has 0 saturated carbocycles. The van der Waals surface area contributed by atoms with Crippen LogP contribution in [0.2, 0.25) is 0 Å². The number of alkyl halides is 1. The molecule has 0 aromatic carbocycles. The molecule has 1 N–H and O–H groups in total. The van der Waals surface area contributed by atoms with Gasteiger partial charge in [-0.25, -0.2) is 5.21 Å². The zero-order chi connectivity index (χ0) is 7.61. The lowest BCUT2D eigenvalue weighted by Crippen LogP contribution is -2.46. The fourth-order valence-electron chi connectivity index (χ4n) is 0.607. The van der Waals surface area contributed by atoms with Crippen molar-refractivity contribution < 1.29 is 19.6 Å². The molecule has 0 radical (unpaired) electrons. The van der Waals surface area contributed by atoms with Crippen LogP contribution in [0.4, 0.5) is 0 Å². The van der Waals surface area contributed by atoms with Crippen LogP contribution >= 0.6 is 15.9 Å². The molecule has 1 aliphatic heterocycles. The molecule has 1 heterocycles. The molecule has 0 aliphatic carbocycles. The summed E-state index contributed by atoms with van der Waals surface area (Å²) in [5.74, 6) is 0. The van der Waals surface area contributed by atoms with E-state index in [1.807, 2.05) is 0 Å². The Balaban J connectivity index is 2.56. The van der Waals surface area contributed by atoms with Gasteiger partial charge in [-0.1, -0.05) is 0 Å². The fourth-order valence-corrected chi connectivity index (χ4v) is 0.931. The quantitative estimate of drug-likeness (QED) is 0.385. The Morgan fingerprint density at radius 3 is 2.30 bits per heavy atom. The van der Waals surface area contributed by atoms with Gasteiger partial charge in [0.05, 0.1) is 4.91 Å². The Kier molecular flexibility index (Phi) is 2.22. The highest BCUT2D eigenvalue weighted by Crippen LogP contribution is 2.21. The maximum Gasteiger partial charge on any atom is 0.363 e. The second kappa shape index (κ2) is 2.81. The monoisotopic (exact) mass is 212 g/mol. The van der Waals surface area contributed by atoms with Gasteiger partial charge < -0.3 is 9.47 Å². The van der Waals surface area contributed by atoms with Crippen LogP contribution in [0.1, 0.15) is 0 Å². The summed E-state index contributed by atoms with van der Waals surface area (Å²) in [6, 6.07) is 0. The minimum absolute atomic E-state index is 0.118. The second-order valence-corrected chi connectivity index (χ2v) is 3.48. The Bertz CT molecular complexity index is 144. The van der Waals surface area contributed by atoms with Gasteiger partial charge >= 0.3 is 4.45 Å². The predicted molar refractivity (Wildman–Crippen MR) is 33.8 cm³/mol. The third-order valence-corrected chi connectivity index (χ3v) is 1.92. The average molecular weight is 213 g/mol. The van der Waals surface area contributed by atoms with Crippen molar-refractivity contribution in [3.8, 4) is 0 Å². The summed E-state index contributed by atoms with van der Waals surface area (Å²) in [7, 11) is 0. The lowest BCUT2D eigenvalue weighted by atomic mass is 10.3. The maximum absolute atomic E-state index is 10.4. The van der Waals surface area contributed by atoms with Gasteiger partial charge in [-0.2, -0.15) is 0 Å². The minimum atomic E-state index is -1.12. The van der Waals surface area contributed by atoms with E-state index in [1.165, 1.54) is 0 Å². The topological polar surface area (TPSA) is 58.8 Å². The molecule has 0 spiro atoms. The molecule has 1 aliphatic rings. The van der Waals surface area contributed by atoms with E-state index in [2.05, 4.69) is 15.9 Å². The first kappa shape index (κ1) is 7.90. The summed E-state index contributed by atoms with van der Waals surface area (Å²) in [5.41, 5.74) is 0. The summed E-state index contributed by atoms with van der Waals surface area (Å²) in [6.45, 7) is 0.404. The van der Waals surface area contributed by atoms with Crippen LogP contribution in [0.15, 0.2) is 0 Å². The van der Waals surface area contributed by atoms with Gasteiger partial charge in [0.15, 0.2) is 0 Å². The van der Waals surface area contributed by atoms with Crippen LogP contribution in [0.5, 0.6) is 0 Å². The van der Waals surface area contributed by atoms with Gasteiger partial charge in [0.2, 0.25) is 4.92 Å². The maximum atomic E-state index is 10.4. The molecule has 58 valence electrons. The van der Waals surface area contributed by atoms with E-state index < -0.39 is 4.45 Å². The standard InChI is InChI=1S/C4H7BrNO4/c5-4(6(7)8)1-9-3-10-2-4/h1-3H2,(H,7,8)/q+1. The smallest absolute Gasteiger partial charge is 0.347 e. The van der Waals surface area contributed by atoms with Gasteiger partial charge in [0.1, 0.15) is 20.0 Å². The SMILES string of the molecule is O=[N+](O)C1(Br)COCOC1. The number of ether oxygens (including phenoxy) is 2. The molecule has 6 heteroatoms. The largest absolute Gasteiger partial charge is 0.363 e. The molecular weight excluding hydrogens is 206 g/mol. The van der Waals surface area contributed by atoms with E-state index in [0.29, 0.717) is 0 Å². The van der Waals surface area contributed by atoms with Crippen LogP contribution in [-0.2, 0) is 9.47 Å². The number of nitrogens with zero attached hydrogens (tertiary/aromatic N) is 1. The summed E-state index contributed by atoms with van der Waals surface area (Å²) in [4.78, 5) is 10.2. The lowest BCUT2D eigenvalue weighted by molar-refractivity contribution is -0.827. The third kappa shape index (κ3) is 1.44. The average Bonchev–Trinajstić information content (AvgIpc) is 1.89. The van der Waals surface area contributed by atoms with E-state index >= 15 is 0 Å². The normalized spacial score (nSPS) is 24.1. The summed E-state index contributed by atoms with van der Waals surface area (Å²) in [5, 5.41) is 8.51. The summed E-state index contributed by atoms with van der Waals surface area (Å²) < 4.78 is 8.43. The van der Waals surface area contributed by atoms with Gasteiger partial charge in [0.25, 0.3) is 0 Å². The molecule has 1 rings (SSSR count). The second-order valence-electron chi connectivity index (χ2n) is 2.01. The molecule has 1 saturated heterocycles. The zero-order valence-electron chi connectivity index (χ0n) is 5.12. The van der Waals surface area contributed by atoms with E-state index in [1.54, 1.807) is 0 Å². The zero-order valence-corrected chi connectivity index (χ0v) is 6.70. The fraction of sp³-hybridized carbons (Fsp3) is 1.00. The first-order valence-corrected chi connectivity index (χ1v) is 3.45. The van der Waals surface area contributed by atoms with Crippen molar-refractivity contribution in [1.29, 1.82) is 0 Å². The van der Waals surface area contributed by atoms with Crippen molar-refractivity contribution >= 4 is 15.9 Å². The molecule has 0 unspecified atom stereocenters. The van der Waals surface area contributed by atoms with Crippen LogP contribution in [-0.4, -0.2) is 34.6 Å². The number of rotatable bonds is 1. The van der Waals surface area contributed by atoms with Gasteiger partial charge in [-0.15, -0.1) is 0 Å². The van der Waals surface area contributed by atoms with Crippen LogP contribution in [0.3, 0.4) is 0 Å². The predicted octanol–water partition coefficient (Wildman–Crippen LogP) is 0.250. The van der Waals surface area contributed by atoms with Crippen molar-refractivity contribution in [2.45, 2.75) is 4.45 Å². The van der Waals surface area contributed by atoms with Crippen LogP contribution in [0, 0.1) is 4.91 Å². The third-order valence-electron chi connectivity index (χ3n) is 1.16. The van der Waals surface area contributed by atoms with Gasteiger partial charge in [-0.05, 0) is 0 Å². The minimum Gasteiger partial charge on any atom is -0.347 e. The Labute approximate surface area is 65.6 Å². The van der Waals surface area contributed by atoms with Crippen molar-refractivity contribution in [2.75, 3.05) is 20.0 Å². The highest BCUT2D eigenvalue weighted by atomic mass is 79.9. The van der Waals surface area contributed by atoms with E-state index in [4.69, 9.17) is 14.7 Å². The number of hydrogen-bond acceptors (Lipinski definition) is 3. The molecule has 0 bridgehead atoms. The Morgan fingerprint density at radius 2 is 2.00 bits per heavy atom. The van der Waals surface area contributed by atoms with Gasteiger partial charge in [0, 0.05) is 15.9 Å². The van der Waals surface area contributed by atoms with E-state index in [-0.39, 0.29) is 24.9 Å². The number of halogens is 1. The van der Waals surface area contributed by atoms with Crippen LogP contribution in [0.25, 0.3) is 0 Å². The first-order valence-electron chi connectivity index (χ1n) is 2.66. The highest BCUT2D eigenvalue weighted by Gasteiger charge is 2.48. The Hall–Kier alpha value is -0.200. The molecule has 0 aromatic heterocycles. The molecule has 0 aromatic rings. The van der Waals surface area contributed by atoms with E-state index in [9.17, 15) is 4.91 Å². The molecule has 5 nitrogen and oxygen atoms in total. The lowest BCUT2D eigenvalue weighted by Gasteiger charge is -2.19. The Morgan fingerprint density at radius 1 is 1.50 bits per heavy atom. The molecule has 10 heavy (non-hydrogen) atoms. The molecule has 0 amide bonds. The summed E-state index contributed by atoms with van der Waals surface area (Å²) in [6.07, 6.45) is 0. The molecule has 0 atom stereocenters.